The molecule has 3 heterocycles. The molecule has 1 aliphatic rings. The number of hydrogen-bond acceptors (Lipinski definition) is 6. The summed E-state index contributed by atoms with van der Waals surface area (Å²) in [5, 5.41) is 1.17. The lowest BCUT2D eigenvalue weighted by Crippen LogP contribution is -2.45. The molecular weight excluding hydrogens is 348 g/mol. The van der Waals surface area contributed by atoms with E-state index in [1.165, 1.54) is 10.9 Å². The van der Waals surface area contributed by atoms with Gasteiger partial charge in [-0.05, 0) is 44.7 Å². The summed E-state index contributed by atoms with van der Waals surface area (Å²) in [7, 11) is 4.28. The van der Waals surface area contributed by atoms with Crippen LogP contribution in [0.3, 0.4) is 0 Å². The van der Waals surface area contributed by atoms with E-state index in [4.69, 9.17) is 9.97 Å². The fourth-order valence-corrected chi connectivity index (χ4v) is 3.83. The number of rotatable bonds is 4. The fourth-order valence-electron chi connectivity index (χ4n) is 3.83. The summed E-state index contributed by atoms with van der Waals surface area (Å²) in [5.74, 6) is 1.86. The summed E-state index contributed by atoms with van der Waals surface area (Å²) < 4.78 is 0. The standard InChI is InChI=1S/C22H28N6/c1-16-12-18-6-5-7-23-22(18)20(13-16)27(4)15-19-14-21(25-17(2)24-19)28-10-8-26(3)9-11-28/h5-7,12-14H,8-11,15H2,1-4H3. The van der Waals surface area contributed by atoms with Crippen LogP contribution in [0.1, 0.15) is 17.1 Å². The average molecular weight is 377 g/mol. The number of aromatic nitrogens is 3. The van der Waals surface area contributed by atoms with Crippen LogP contribution in [0.5, 0.6) is 0 Å². The van der Waals surface area contributed by atoms with Crippen LogP contribution in [0.25, 0.3) is 10.9 Å². The van der Waals surface area contributed by atoms with E-state index in [2.05, 4.69) is 65.0 Å². The van der Waals surface area contributed by atoms with Crippen LogP contribution in [0.15, 0.2) is 36.5 Å². The second-order valence-electron chi connectivity index (χ2n) is 7.77. The van der Waals surface area contributed by atoms with Gasteiger partial charge in [-0.15, -0.1) is 0 Å². The van der Waals surface area contributed by atoms with E-state index in [1.807, 2.05) is 19.2 Å². The Morgan fingerprint density at radius 3 is 2.61 bits per heavy atom. The maximum atomic E-state index is 4.70. The molecular formula is C22H28N6. The van der Waals surface area contributed by atoms with Gasteiger partial charge in [-0.3, -0.25) is 4.98 Å². The van der Waals surface area contributed by atoms with Gasteiger partial charge >= 0.3 is 0 Å². The van der Waals surface area contributed by atoms with Gasteiger partial charge in [0.05, 0.1) is 23.4 Å². The van der Waals surface area contributed by atoms with Gasteiger partial charge in [0.15, 0.2) is 0 Å². The van der Waals surface area contributed by atoms with Crippen LogP contribution in [0.4, 0.5) is 11.5 Å². The molecule has 1 aromatic carbocycles. The quantitative estimate of drug-likeness (QED) is 0.698. The first-order valence-electron chi connectivity index (χ1n) is 9.84. The van der Waals surface area contributed by atoms with Crippen LogP contribution in [0, 0.1) is 13.8 Å². The molecule has 0 radical (unpaired) electrons. The van der Waals surface area contributed by atoms with Crippen molar-refractivity contribution < 1.29 is 0 Å². The second kappa shape index (κ2) is 7.72. The van der Waals surface area contributed by atoms with E-state index in [0.717, 1.165) is 61.3 Å². The Bertz CT molecular complexity index is 978. The molecule has 0 N–H and O–H groups in total. The summed E-state index contributed by atoms with van der Waals surface area (Å²) in [4.78, 5) is 21.0. The second-order valence-corrected chi connectivity index (χ2v) is 7.77. The minimum absolute atomic E-state index is 0.721. The molecule has 146 valence electrons. The molecule has 0 atom stereocenters. The highest BCUT2D eigenvalue weighted by molar-refractivity contribution is 5.91. The molecule has 28 heavy (non-hydrogen) atoms. The molecule has 1 fully saturated rings. The summed E-state index contributed by atoms with van der Waals surface area (Å²) in [5.41, 5.74) is 4.43. The van der Waals surface area contributed by atoms with Crippen LogP contribution in [-0.4, -0.2) is 60.1 Å². The Morgan fingerprint density at radius 1 is 1.04 bits per heavy atom. The van der Waals surface area contributed by atoms with Crippen molar-refractivity contribution in [3.8, 4) is 0 Å². The Kier molecular flexibility index (Phi) is 5.13. The smallest absolute Gasteiger partial charge is 0.132 e. The summed E-state index contributed by atoms with van der Waals surface area (Å²) in [6, 6.07) is 10.6. The Labute approximate surface area is 166 Å². The first-order chi connectivity index (χ1) is 13.5. The molecule has 6 nitrogen and oxygen atoms in total. The minimum atomic E-state index is 0.721. The van der Waals surface area contributed by atoms with E-state index in [9.17, 15) is 0 Å². The lowest BCUT2D eigenvalue weighted by atomic mass is 10.1. The third kappa shape index (κ3) is 3.92. The number of anilines is 2. The van der Waals surface area contributed by atoms with Gasteiger partial charge in [-0.2, -0.15) is 0 Å². The highest BCUT2D eigenvalue weighted by Crippen LogP contribution is 2.27. The minimum Gasteiger partial charge on any atom is -0.367 e. The van der Waals surface area contributed by atoms with Crippen molar-refractivity contribution in [3.63, 3.8) is 0 Å². The first kappa shape index (κ1) is 18.6. The molecule has 0 unspecified atom stereocenters. The highest BCUT2D eigenvalue weighted by Gasteiger charge is 2.17. The zero-order valence-corrected chi connectivity index (χ0v) is 17.2. The van der Waals surface area contributed by atoms with Crippen LogP contribution in [0.2, 0.25) is 0 Å². The average Bonchev–Trinajstić information content (AvgIpc) is 2.67. The van der Waals surface area contributed by atoms with Gasteiger partial charge in [-0.1, -0.05) is 6.07 Å². The van der Waals surface area contributed by atoms with Gasteiger partial charge < -0.3 is 14.7 Å². The predicted octanol–water partition coefficient (Wildman–Crippen LogP) is 3.03. The van der Waals surface area contributed by atoms with Gasteiger partial charge in [0.1, 0.15) is 11.6 Å². The third-order valence-electron chi connectivity index (χ3n) is 5.34. The van der Waals surface area contributed by atoms with Gasteiger partial charge in [0.25, 0.3) is 0 Å². The first-order valence-corrected chi connectivity index (χ1v) is 9.84. The van der Waals surface area contributed by atoms with E-state index in [1.54, 1.807) is 0 Å². The molecule has 0 saturated carbocycles. The van der Waals surface area contributed by atoms with Gasteiger partial charge in [0.2, 0.25) is 0 Å². The number of piperazine rings is 1. The van der Waals surface area contributed by atoms with Crippen LogP contribution >= 0.6 is 0 Å². The third-order valence-corrected chi connectivity index (χ3v) is 5.34. The molecule has 2 aromatic heterocycles. The topological polar surface area (TPSA) is 48.4 Å². The van der Waals surface area contributed by atoms with Crippen molar-refractivity contribution in [2.45, 2.75) is 20.4 Å². The number of fused-ring (bicyclic) bond motifs is 1. The fraction of sp³-hybridized carbons (Fsp3) is 0.409. The van der Waals surface area contributed by atoms with E-state index in [0.29, 0.717) is 0 Å². The van der Waals surface area contributed by atoms with Crippen molar-refractivity contribution in [3.05, 3.63) is 53.6 Å². The highest BCUT2D eigenvalue weighted by atomic mass is 15.3. The monoisotopic (exact) mass is 376 g/mol. The molecule has 0 amide bonds. The van der Waals surface area contributed by atoms with Crippen molar-refractivity contribution in [2.75, 3.05) is 50.1 Å². The van der Waals surface area contributed by atoms with E-state index in [-0.39, 0.29) is 0 Å². The Balaban J connectivity index is 1.61. The molecule has 0 aliphatic carbocycles. The number of hydrogen-bond donors (Lipinski definition) is 0. The van der Waals surface area contributed by atoms with Crippen molar-refractivity contribution in [1.82, 2.24) is 19.9 Å². The number of nitrogens with zero attached hydrogens (tertiary/aromatic N) is 6. The van der Waals surface area contributed by atoms with Crippen LogP contribution < -0.4 is 9.80 Å². The van der Waals surface area contributed by atoms with Crippen LogP contribution in [-0.2, 0) is 6.54 Å². The molecule has 4 rings (SSSR count). The Morgan fingerprint density at radius 2 is 1.82 bits per heavy atom. The van der Waals surface area contributed by atoms with Crippen molar-refractivity contribution in [1.29, 1.82) is 0 Å². The maximum Gasteiger partial charge on any atom is 0.132 e. The largest absolute Gasteiger partial charge is 0.367 e. The van der Waals surface area contributed by atoms with Crippen molar-refractivity contribution in [2.24, 2.45) is 0 Å². The maximum absolute atomic E-state index is 4.70. The van der Waals surface area contributed by atoms with Gasteiger partial charge in [-0.25, -0.2) is 9.97 Å². The van der Waals surface area contributed by atoms with E-state index >= 15 is 0 Å². The lowest BCUT2D eigenvalue weighted by molar-refractivity contribution is 0.312. The molecule has 1 saturated heterocycles. The zero-order chi connectivity index (χ0) is 19.7. The SMILES string of the molecule is Cc1cc(N(C)Cc2cc(N3CCN(C)CC3)nc(C)n2)c2ncccc2c1. The molecule has 1 aliphatic heterocycles. The summed E-state index contributed by atoms with van der Waals surface area (Å²) >= 11 is 0. The van der Waals surface area contributed by atoms with Crippen molar-refractivity contribution >= 4 is 22.4 Å². The summed E-state index contributed by atoms with van der Waals surface area (Å²) in [6.45, 7) is 8.98. The van der Waals surface area contributed by atoms with Gasteiger partial charge in [0, 0.05) is 50.9 Å². The predicted molar refractivity (Wildman–Crippen MR) is 115 cm³/mol. The number of benzene rings is 1. The Hall–Kier alpha value is -2.73. The normalized spacial score (nSPS) is 15.2. The number of aryl methyl sites for hydroxylation is 2. The lowest BCUT2D eigenvalue weighted by Gasteiger charge is -2.33. The zero-order valence-electron chi connectivity index (χ0n) is 17.2. The number of likely N-dealkylation sites (N-methyl/N-ethyl adjacent to an activating group) is 1. The number of pyridine rings is 1. The van der Waals surface area contributed by atoms with E-state index < -0.39 is 0 Å². The molecule has 6 heteroatoms. The molecule has 3 aromatic rings. The molecule has 0 spiro atoms. The summed E-state index contributed by atoms with van der Waals surface area (Å²) in [6.07, 6.45) is 1.86. The molecule has 0 bridgehead atoms.